The van der Waals surface area contributed by atoms with Gasteiger partial charge in [0.25, 0.3) is 0 Å². The molecule has 20 heavy (non-hydrogen) atoms. The highest BCUT2D eigenvalue weighted by atomic mass is 16.5. The predicted octanol–water partition coefficient (Wildman–Crippen LogP) is 1.58. The Bertz CT molecular complexity index is 410. The van der Waals surface area contributed by atoms with Crippen molar-refractivity contribution in [2.45, 2.75) is 19.4 Å². The molecule has 0 radical (unpaired) electrons. The van der Waals surface area contributed by atoms with E-state index < -0.39 is 5.97 Å². The monoisotopic (exact) mass is 280 g/mol. The third-order valence-corrected chi connectivity index (χ3v) is 2.94. The molecule has 0 saturated heterocycles. The highest BCUT2D eigenvalue weighted by Crippen LogP contribution is 2.13. The third-order valence-electron chi connectivity index (χ3n) is 2.94. The first-order chi connectivity index (χ1) is 9.61. The van der Waals surface area contributed by atoms with Crippen molar-refractivity contribution in [2.24, 2.45) is 0 Å². The van der Waals surface area contributed by atoms with Gasteiger partial charge in [0.05, 0.1) is 13.0 Å². The Balaban J connectivity index is 2.20. The lowest BCUT2D eigenvalue weighted by molar-refractivity contribution is -0.137. The Morgan fingerprint density at radius 2 is 2.20 bits per heavy atom. The van der Waals surface area contributed by atoms with Gasteiger partial charge in [0.15, 0.2) is 0 Å². The number of aliphatic carboxylic acids is 1. The van der Waals surface area contributed by atoms with Crippen LogP contribution in [0.2, 0.25) is 0 Å². The van der Waals surface area contributed by atoms with Crippen molar-refractivity contribution >= 4 is 5.97 Å². The first-order valence-corrected chi connectivity index (χ1v) is 6.88. The second kappa shape index (κ2) is 9.34. The summed E-state index contributed by atoms with van der Waals surface area (Å²) in [5.41, 5.74) is 1.20. The van der Waals surface area contributed by atoms with E-state index >= 15 is 0 Å². The zero-order valence-electron chi connectivity index (χ0n) is 12.3. The first kappa shape index (κ1) is 16.5. The van der Waals surface area contributed by atoms with Crippen molar-refractivity contribution < 1.29 is 14.6 Å². The summed E-state index contributed by atoms with van der Waals surface area (Å²) in [4.78, 5) is 12.5. The SMILES string of the molecule is CNCc1cccc(OCCCN(C)CCC(=O)O)c1. The van der Waals surface area contributed by atoms with Gasteiger partial charge in [-0.05, 0) is 38.2 Å². The minimum Gasteiger partial charge on any atom is -0.494 e. The van der Waals surface area contributed by atoms with E-state index in [-0.39, 0.29) is 6.42 Å². The number of nitrogens with zero attached hydrogens (tertiary/aromatic N) is 1. The molecule has 0 heterocycles. The average molecular weight is 280 g/mol. The van der Waals surface area contributed by atoms with Crippen LogP contribution >= 0.6 is 0 Å². The molecule has 0 aliphatic carbocycles. The normalized spacial score (nSPS) is 10.8. The van der Waals surface area contributed by atoms with Gasteiger partial charge in [0, 0.05) is 19.6 Å². The van der Waals surface area contributed by atoms with Crippen molar-refractivity contribution in [3.05, 3.63) is 29.8 Å². The van der Waals surface area contributed by atoms with Gasteiger partial charge < -0.3 is 20.1 Å². The molecule has 0 saturated carbocycles. The fourth-order valence-electron chi connectivity index (χ4n) is 1.87. The molecule has 0 unspecified atom stereocenters. The van der Waals surface area contributed by atoms with Gasteiger partial charge >= 0.3 is 5.97 Å². The van der Waals surface area contributed by atoms with Gasteiger partial charge in [0.1, 0.15) is 5.75 Å². The van der Waals surface area contributed by atoms with Crippen LogP contribution in [0.15, 0.2) is 24.3 Å². The predicted molar refractivity (Wildman–Crippen MR) is 79.1 cm³/mol. The molecule has 1 rings (SSSR count). The molecule has 5 nitrogen and oxygen atoms in total. The molecule has 0 atom stereocenters. The number of hydrogen-bond donors (Lipinski definition) is 2. The first-order valence-electron chi connectivity index (χ1n) is 6.88. The number of ether oxygens (including phenoxy) is 1. The molecular weight excluding hydrogens is 256 g/mol. The number of carboxylic acid groups (broad SMARTS) is 1. The van der Waals surface area contributed by atoms with E-state index in [1.54, 1.807) is 0 Å². The second-order valence-electron chi connectivity index (χ2n) is 4.83. The largest absolute Gasteiger partial charge is 0.494 e. The van der Waals surface area contributed by atoms with Gasteiger partial charge in [-0.2, -0.15) is 0 Å². The molecule has 0 aliphatic rings. The maximum absolute atomic E-state index is 10.4. The van der Waals surface area contributed by atoms with Crippen molar-refractivity contribution in [1.82, 2.24) is 10.2 Å². The Morgan fingerprint density at radius 3 is 2.90 bits per heavy atom. The maximum Gasteiger partial charge on any atom is 0.304 e. The topological polar surface area (TPSA) is 61.8 Å². The van der Waals surface area contributed by atoms with E-state index in [9.17, 15) is 4.79 Å². The van der Waals surface area contributed by atoms with Crippen LogP contribution in [-0.2, 0) is 11.3 Å². The quantitative estimate of drug-likeness (QED) is 0.637. The lowest BCUT2D eigenvalue weighted by Crippen LogP contribution is -2.24. The van der Waals surface area contributed by atoms with E-state index in [1.165, 1.54) is 5.56 Å². The number of rotatable bonds is 10. The van der Waals surface area contributed by atoms with E-state index in [4.69, 9.17) is 9.84 Å². The Labute approximate surface area is 120 Å². The van der Waals surface area contributed by atoms with Crippen molar-refractivity contribution in [2.75, 3.05) is 33.8 Å². The summed E-state index contributed by atoms with van der Waals surface area (Å²) in [5.74, 6) is 0.125. The number of carbonyl (C=O) groups is 1. The Kier molecular flexibility index (Phi) is 7.69. The van der Waals surface area contributed by atoms with Gasteiger partial charge in [0.2, 0.25) is 0 Å². The van der Waals surface area contributed by atoms with Crippen LogP contribution in [0.4, 0.5) is 0 Å². The van der Waals surface area contributed by atoms with Crippen LogP contribution < -0.4 is 10.1 Å². The van der Waals surface area contributed by atoms with Crippen LogP contribution in [0.5, 0.6) is 5.75 Å². The fraction of sp³-hybridized carbons (Fsp3) is 0.533. The third kappa shape index (κ3) is 7.11. The Hall–Kier alpha value is -1.59. The number of benzene rings is 1. The minimum atomic E-state index is -0.755. The molecule has 2 N–H and O–H groups in total. The molecule has 0 fully saturated rings. The minimum absolute atomic E-state index is 0.184. The van der Waals surface area contributed by atoms with Crippen LogP contribution in [-0.4, -0.2) is 49.8 Å². The van der Waals surface area contributed by atoms with Crippen LogP contribution in [0.1, 0.15) is 18.4 Å². The van der Waals surface area contributed by atoms with E-state index in [1.807, 2.05) is 37.2 Å². The van der Waals surface area contributed by atoms with Gasteiger partial charge in [-0.1, -0.05) is 12.1 Å². The summed E-state index contributed by atoms with van der Waals surface area (Å²) in [7, 11) is 3.84. The molecule has 0 amide bonds. The highest BCUT2D eigenvalue weighted by molar-refractivity contribution is 5.66. The summed E-state index contributed by atoms with van der Waals surface area (Å²) in [6.45, 7) is 2.88. The fourth-order valence-corrected chi connectivity index (χ4v) is 1.87. The summed E-state index contributed by atoms with van der Waals surface area (Å²) in [6, 6.07) is 8.03. The lowest BCUT2D eigenvalue weighted by atomic mass is 10.2. The molecule has 0 aliphatic heterocycles. The van der Waals surface area contributed by atoms with E-state index in [0.717, 1.165) is 25.3 Å². The van der Waals surface area contributed by atoms with Gasteiger partial charge in [-0.3, -0.25) is 4.79 Å². The number of hydrogen-bond acceptors (Lipinski definition) is 4. The molecule has 0 bridgehead atoms. The van der Waals surface area contributed by atoms with Gasteiger partial charge in [-0.15, -0.1) is 0 Å². The Morgan fingerprint density at radius 1 is 1.40 bits per heavy atom. The maximum atomic E-state index is 10.4. The van der Waals surface area contributed by atoms with Crippen molar-refractivity contribution in [3.8, 4) is 5.75 Å². The molecule has 112 valence electrons. The summed E-state index contributed by atoms with van der Waals surface area (Å²) in [5, 5.41) is 11.7. The van der Waals surface area contributed by atoms with Crippen LogP contribution in [0.3, 0.4) is 0 Å². The van der Waals surface area contributed by atoms with Crippen LogP contribution in [0, 0.1) is 0 Å². The second-order valence-corrected chi connectivity index (χ2v) is 4.83. The molecular formula is C15H24N2O3. The smallest absolute Gasteiger partial charge is 0.304 e. The van der Waals surface area contributed by atoms with E-state index in [2.05, 4.69) is 11.4 Å². The van der Waals surface area contributed by atoms with Crippen molar-refractivity contribution in [1.29, 1.82) is 0 Å². The summed E-state index contributed by atoms with van der Waals surface area (Å²) in [6.07, 6.45) is 1.07. The molecule has 0 spiro atoms. The van der Waals surface area contributed by atoms with Crippen LogP contribution in [0.25, 0.3) is 0 Å². The summed E-state index contributed by atoms with van der Waals surface area (Å²) >= 11 is 0. The molecule has 5 heteroatoms. The molecule has 1 aromatic rings. The number of carboxylic acids is 1. The van der Waals surface area contributed by atoms with Crippen molar-refractivity contribution in [3.63, 3.8) is 0 Å². The highest BCUT2D eigenvalue weighted by Gasteiger charge is 2.02. The zero-order valence-corrected chi connectivity index (χ0v) is 12.3. The average Bonchev–Trinajstić information content (AvgIpc) is 2.42. The zero-order chi connectivity index (χ0) is 14.8. The lowest BCUT2D eigenvalue weighted by Gasteiger charge is -2.15. The van der Waals surface area contributed by atoms with Gasteiger partial charge in [-0.25, -0.2) is 0 Å². The van der Waals surface area contributed by atoms with E-state index in [0.29, 0.717) is 13.2 Å². The molecule has 1 aromatic carbocycles. The standard InChI is InChI=1S/C15H24N2O3/c1-16-12-13-5-3-6-14(11-13)20-10-4-8-17(2)9-7-15(18)19/h3,5-6,11,16H,4,7-10,12H2,1-2H3,(H,18,19). The number of nitrogens with one attached hydrogen (secondary N) is 1. The summed E-state index contributed by atoms with van der Waals surface area (Å²) < 4.78 is 5.70. The molecule has 0 aromatic heterocycles.